The Labute approximate surface area is 138 Å². The Morgan fingerprint density at radius 1 is 0.917 bits per heavy atom. The molecule has 118 valence electrons. The average Bonchev–Trinajstić information content (AvgIpc) is 3.15. The second-order valence-electron chi connectivity index (χ2n) is 5.34. The van der Waals surface area contributed by atoms with Gasteiger partial charge in [0.1, 0.15) is 11.6 Å². The number of halogens is 1. The maximum atomic E-state index is 13.8. The van der Waals surface area contributed by atoms with Gasteiger partial charge in [-0.25, -0.2) is 14.4 Å². The fourth-order valence-corrected chi connectivity index (χ4v) is 2.55. The summed E-state index contributed by atoms with van der Waals surface area (Å²) in [6.07, 6.45) is 1.58. The summed E-state index contributed by atoms with van der Waals surface area (Å²) in [6.45, 7) is 0.339. The lowest BCUT2D eigenvalue weighted by atomic mass is 10.2. The Morgan fingerprint density at radius 2 is 1.75 bits per heavy atom. The maximum Gasteiger partial charge on any atom is 0.198 e. The van der Waals surface area contributed by atoms with E-state index in [4.69, 9.17) is 4.42 Å². The van der Waals surface area contributed by atoms with Gasteiger partial charge in [0, 0.05) is 17.5 Å². The van der Waals surface area contributed by atoms with Gasteiger partial charge in [-0.2, -0.15) is 0 Å². The lowest BCUT2D eigenvalue weighted by molar-refractivity contribution is 0.577. The molecule has 0 aliphatic rings. The third kappa shape index (κ3) is 2.72. The van der Waals surface area contributed by atoms with E-state index < -0.39 is 0 Å². The van der Waals surface area contributed by atoms with Crippen LogP contribution in [0.5, 0.6) is 0 Å². The van der Waals surface area contributed by atoms with Crippen molar-refractivity contribution in [2.24, 2.45) is 0 Å². The number of nitrogens with one attached hydrogen (secondary N) is 1. The van der Waals surface area contributed by atoms with Crippen molar-refractivity contribution in [2.75, 3.05) is 5.32 Å². The Bertz CT molecular complexity index is 983. The molecule has 0 aliphatic carbocycles. The molecule has 0 spiro atoms. The molecule has 2 aromatic carbocycles. The van der Waals surface area contributed by atoms with E-state index in [0.29, 0.717) is 29.5 Å². The molecular formula is C19H14FN3O. The van der Waals surface area contributed by atoms with Crippen LogP contribution < -0.4 is 5.32 Å². The van der Waals surface area contributed by atoms with E-state index in [-0.39, 0.29) is 5.82 Å². The molecule has 4 nitrogen and oxygen atoms in total. The zero-order valence-corrected chi connectivity index (χ0v) is 12.7. The average molecular weight is 319 g/mol. The van der Waals surface area contributed by atoms with E-state index in [2.05, 4.69) is 15.3 Å². The third-order valence-corrected chi connectivity index (χ3v) is 3.75. The summed E-state index contributed by atoms with van der Waals surface area (Å²) in [6, 6.07) is 18.0. The zero-order valence-electron chi connectivity index (χ0n) is 12.7. The summed E-state index contributed by atoms with van der Waals surface area (Å²) in [7, 11) is 0. The molecule has 4 aromatic rings. The second kappa shape index (κ2) is 6.12. The van der Waals surface area contributed by atoms with Crippen LogP contribution in [0.2, 0.25) is 0 Å². The van der Waals surface area contributed by atoms with E-state index in [1.807, 2.05) is 36.4 Å². The number of hydrogen-bond donors (Lipinski definition) is 1. The lowest BCUT2D eigenvalue weighted by Gasteiger charge is -2.10. The summed E-state index contributed by atoms with van der Waals surface area (Å²) in [5.41, 5.74) is 1.38. The predicted octanol–water partition coefficient (Wildman–Crippen LogP) is 4.64. The summed E-state index contributed by atoms with van der Waals surface area (Å²) < 4.78 is 19.2. The number of anilines is 1. The largest absolute Gasteiger partial charge is 0.461 e. The number of furan rings is 1. The fraction of sp³-hybridized carbons (Fsp3) is 0.0526. The summed E-state index contributed by atoms with van der Waals surface area (Å²) in [5, 5.41) is 4.09. The molecule has 0 bridgehead atoms. The van der Waals surface area contributed by atoms with E-state index >= 15 is 0 Å². The molecule has 0 saturated carbocycles. The molecule has 0 radical (unpaired) electrons. The van der Waals surface area contributed by atoms with E-state index in [1.54, 1.807) is 24.5 Å². The first kappa shape index (κ1) is 14.4. The van der Waals surface area contributed by atoms with Gasteiger partial charge in [0.2, 0.25) is 0 Å². The highest BCUT2D eigenvalue weighted by Crippen LogP contribution is 2.25. The first-order valence-corrected chi connectivity index (χ1v) is 7.59. The van der Waals surface area contributed by atoms with Gasteiger partial charge in [-0.1, -0.05) is 30.3 Å². The van der Waals surface area contributed by atoms with Crippen molar-refractivity contribution in [2.45, 2.75) is 6.54 Å². The Balaban J connectivity index is 1.74. The SMILES string of the molecule is Fc1ccccc1CNc1nc(-c2ccco2)nc2ccccc12. The van der Waals surface area contributed by atoms with Crippen LogP contribution in [0, 0.1) is 5.82 Å². The molecular weight excluding hydrogens is 305 g/mol. The Hall–Kier alpha value is -3.21. The normalized spacial score (nSPS) is 10.9. The molecule has 0 fully saturated rings. The lowest BCUT2D eigenvalue weighted by Crippen LogP contribution is -2.05. The van der Waals surface area contributed by atoms with Crippen LogP contribution in [0.1, 0.15) is 5.56 Å². The number of benzene rings is 2. The molecule has 24 heavy (non-hydrogen) atoms. The molecule has 0 saturated heterocycles. The molecule has 2 aromatic heterocycles. The highest BCUT2D eigenvalue weighted by Gasteiger charge is 2.11. The van der Waals surface area contributed by atoms with Gasteiger partial charge in [0.05, 0.1) is 11.8 Å². The maximum absolute atomic E-state index is 13.8. The molecule has 0 unspecified atom stereocenters. The molecule has 5 heteroatoms. The standard InChI is InChI=1S/C19H14FN3O/c20-15-8-3-1-6-13(15)12-21-18-14-7-2-4-9-16(14)22-19(23-18)17-10-5-11-24-17/h1-11H,12H2,(H,21,22,23). The summed E-state index contributed by atoms with van der Waals surface area (Å²) in [4.78, 5) is 9.08. The smallest absolute Gasteiger partial charge is 0.198 e. The number of para-hydroxylation sites is 1. The van der Waals surface area contributed by atoms with Crippen LogP contribution in [0.4, 0.5) is 10.2 Å². The number of nitrogens with zero attached hydrogens (tertiary/aromatic N) is 2. The molecule has 2 heterocycles. The molecule has 1 N–H and O–H groups in total. The first-order chi connectivity index (χ1) is 11.8. The van der Waals surface area contributed by atoms with Crippen LogP contribution in [0.15, 0.2) is 71.3 Å². The predicted molar refractivity (Wildman–Crippen MR) is 91.0 cm³/mol. The summed E-state index contributed by atoms with van der Waals surface area (Å²) in [5.74, 6) is 1.49. The van der Waals surface area contributed by atoms with Crippen molar-refractivity contribution in [3.8, 4) is 11.6 Å². The van der Waals surface area contributed by atoms with Crippen LogP contribution in [0.25, 0.3) is 22.5 Å². The number of hydrogen-bond acceptors (Lipinski definition) is 4. The van der Waals surface area contributed by atoms with Crippen molar-refractivity contribution in [1.82, 2.24) is 9.97 Å². The highest BCUT2D eigenvalue weighted by atomic mass is 19.1. The zero-order chi connectivity index (χ0) is 16.4. The number of aromatic nitrogens is 2. The second-order valence-corrected chi connectivity index (χ2v) is 5.34. The minimum absolute atomic E-state index is 0.241. The minimum atomic E-state index is -0.241. The van der Waals surface area contributed by atoms with Gasteiger partial charge in [0.15, 0.2) is 11.6 Å². The van der Waals surface area contributed by atoms with Crippen molar-refractivity contribution in [3.63, 3.8) is 0 Å². The molecule has 4 rings (SSSR count). The third-order valence-electron chi connectivity index (χ3n) is 3.75. The monoisotopic (exact) mass is 319 g/mol. The van der Waals surface area contributed by atoms with E-state index in [0.717, 1.165) is 10.9 Å². The van der Waals surface area contributed by atoms with Crippen molar-refractivity contribution in [1.29, 1.82) is 0 Å². The number of fused-ring (bicyclic) bond motifs is 1. The quantitative estimate of drug-likeness (QED) is 0.595. The van der Waals surface area contributed by atoms with Crippen LogP contribution in [-0.4, -0.2) is 9.97 Å². The fourth-order valence-electron chi connectivity index (χ4n) is 2.55. The van der Waals surface area contributed by atoms with Crippen LogP contribution in [-0.2, 0) is 6.54 Å². The van der Waals surface area contributed by atoms with Gasteiger partial charge in [-0.05, 0) is 30.3 Å². The number of rotatable bonds is 4. The molecule has 0 aliphatic heterocycles. The van der Waals surface area contributed by atoms with Gasteiger partial charge in [-0.15, -0.1) is 0 Å². The van der Waals surface area contributed by atoms with E-state index in [1.165, 1.54) is 6.07 Å². The van der Waals surface area contributed by atoms with Gasteiger partial charge < -0.3 is 9.73 Å². The topological polar surface area (TPSA) is 51.0 Å². The van der Waals surface area contributed by atoms with Crippen LogP contribution >= 0.6 is 0 Å². The van der Waals surface area contributed by atoms with Gasteiger partial charge in [-0.3, -0.25) is 0 Å². The summed E-state index contributed by atoms with van der Waals surface area (Å²) >= 11 is 0. The van der Waals surface area contributed by atoms with Crippen molar-refractivity contribution >= 4 is 16.7 Å². The van der Waals surface area contributed by atoms with Gasteiger partial charge >= 0.3 is 0 Å². The Kier molecular flexibility index (Phi) is 3.67. The molecule has 0 atom stereocenters. The van der Waals surface area contributed by atoms with Gasteiger partial charge in [0.25, 0.3) is 0 Å². The van der Waals surface area contributed by atoms with Crippen molar-refractivity contribution < 1.29 is 8.81 Å². The minimum Gasteiger partial charge on any atom is -0.461 e. The van der Waals surface area contributed by atoms with Crippen molar-refractivity contribution in [3.05, 3.63) is 78.3 Å². The highest BCUT2D eigenvalue weighted by molar-refractivity contribution is 5.90. The van der Waals surface area contributed by atoms with Crippen LogP contribution in [0.3, 0.4) is 0 Å². The molecule has 0 amide bonds. The Morgan fingerprint density at radius 3 is 2.58 bits per heavy atom. The first-order valence-electron chi connectivity index (χ1n) is 7.59. The van der Waals surface area contributed by atoms with E-state index in [9.17, 15) is 4.39 Å².